The highest BCUT2D eigenvalue weighted by Crippen LogP contribution is 2.60. The second-order valence-electron chi connectivity index (χ2n) is 5.64. The van der Waals surface area contributed by atoms with Crippen molar-refractivity contribution in [2.45, 2.75) is 72.6 Å². The molecule has 0 saturated heterocycles. The Bertz CT molecular complexity index is 180. The molecule has 0 rings (SSSR count). The maximum absolute atomic E-state index is 2.51. The fourth-order valence-corrected chi connectivity index (χ4v) is 7.33. The van der Waals surface area contributed by atoms with Gasteiger partial charge in [-0.3, -0.25) is 0 Å². The van der Waals surface area contributed by atoms with Crippen molar-refractivity contribution in [3.8, 4) is 0 Å². The first kappa shape index (κ1) is 21.9. The highest BCUT2D eigenvalue weighted by Gasteiger charge is 2.33. The van der Waals surface area contributed by atoms with Crippen molar-refractivity contribution in [3.63, 3.8) is 0 Å². The second kappa shape index (κ2) is 15.0. The van der Waals surface area contributed by atoms with E-state index in [4.69, 9.17) is 0 Å². The van der Waals surface area contributed by atoms with Gasteiger partial charge in [-0.2, -0.15) is 0 Å². The lowest BCUT2D eigenvalue weighted by atomic mass is 10.4. The SMILES string of the molecule is CCC=CC[P+](CCCC)(CCCC)CCCC.[Br-]. The number of halogens is 1. The molecule has 0 aliphatic carbocycles. The number of unbranched alkanes of at least 4 members (excludes halogenated alkanes) is 3. The molecule has 19 heavy (non-hydrogen) atoms. The minimum Gasteiger partial charge on any atom is -1.00 e. The molecule has 0 N–H and O–H groups in total. The fourth-order valence-electron chi connectivity index (χ4n) is 2.55. The van der Waals surface area contributed by atoms with Crippen molar-refractivity contribution < 1.29 is 17.0 Å². The molecule has 0 atom stereocenters. The van der Waals surface area contributed by atoms with Crippen LogP contribution in [0.25, 0.3) is 0 Å². The Morgan fingerprint density at radius 2 is 1.11 bits per heavy atom. The molecule has 0 amide bonds. The summed E-state index contributed by atoms with van der Waals surface area (Å²) in [4.78, 5) is 0. The zero-order chi connectivity index (χ0) is 13.7. The van der Waals surface area contributed by atoms with Crippen molar-refractivity contribution >= 4 is 7.26 Å². The zero-order valence-corrected chi connectivity index (χ0v) is 16.2. The van der Waals surface area contributed by atoms with Crippen LogP contribution in [-0.2, 0) is 0 Å². The van der Waals surface area contributed by atoms with E-state index in [9.17, 15) is 0 Å². The minimum absolute atomic E-state index is 0. The average molecular weight is 351 g/mol. The van der Waals surface area contributed by atoms with E-state index in [1.165, 1.54) is 51.1 Å². The van der Waals surface area contributed by atoms with Crippen LogP contribution >= 0.6 is 7.26 Å². The van der Waals surface area contributed by atoms with E-state index < -0.39 is 7.26 Å². The normalized spacial score (nSPS) is 11.8. The molecule has 0 heterocycles. The Labute approximate surface area is 133 Å². The van der Waals surface area contributed by atoms with E-state index >= 15 is 0 Å². The molecule has 0 aromatic carbocycles. The van der Waals surface area contributed by atoms with E-state index in [-0.39, 0.29) is 17.0 Å². The van der Waals surface area contributed by atoms with Crippen LogP contribution in [0.2, 0.25) is 0 Å². The number of hydrogen-bond donors (Lipinski definition) is 0. The van der Waals surface area contributed by atoms with Crippen molar-refractivity contribution in [2.75, 3.05) is 24.6 Å². The molecular weight excluding hydrogens is 315 g/mol. The van der Waals surface area contributed by atoms with Crippen LogP contribution in [0.3, 0.4) is 0 Å². The van der Waals surface area contributed by atoms with Gasteiger partial charge in [0.2, 0.25) is 0 Å². The molecule has 0 radical (unpaired) electrons. The van der Waals surface area contributed by atoms with Crippen LogP contribution in [0.4, 0.5) is 0 Å². The van der Waals surface area contributed by atoms with Gasteiger partial charge in [0.1, 0.15) is 0 Å². The van der Waals surface area contributed by atoms with Gasteiger partial charge in [-0.15, -0.1) is 0 Å². The molecule has 116 valence electrons. The van der Waals surface area contributed by atoms with Gasteiger partial charge in [-0.1, -0.05) is 59.1 Å². The molecule has 0 aliphatic heterocycles. The molecule has 0 aromatic rings. The van der Waals surface area contributed by atoms with Gasteiger partial charge in [0, 0.05) is 7.26 Å². The highest BCUT2D eigenvalue weighted by atomic mass is 79.9. The van der Waals surface area contributed by atoms with Gasteiger partial charge in [-0.05, 0) is 25.7 Å². The Kier molecular flexibility index (Phi) is 17.4. The van der Waals surface area contributed by atoms with Gasteiger partial charge < -0.3 is 17.0 Å². The van der Waals surface area contributed by atoms with Gasteiger partial charge in [0.05, 0.1) is 24.6 Å². The molecule has 0 fully saturated rings. The maximum atomic E-state index is 2.51. The van der Waals surface area contributed by atoms with E-state index in [2.05, 4.69) is 39.8 Å². The van der Waals surface area contributed by atoms with Crippen molar-refractivity contribution in [1.29, 1.82) is 0 Å². The van der Waals surface area contributed by atoms with Crippen LogP contribution in [0.15, 0.2) is 12.2 Å². The molecule has 0 bridgehead atoms. The Hall–Kier alpha value is 0.650. The first-order valence-corrected chi connectivity index (χ1v) is 10.8. The van der Waals surface area contributed by atoms with Crippen molar-refractivity contribution in [1.82, 2.24) is 0 Å². The zero-order valence-electron chi connectivity index (χ0n) is 13.8. The number of hydrogen-bond acceptors (Lipinski definition) is 0. The summed E-state index contributed by atoms with van der Waals surface area (Å²) < 4.78 is 0. The third-order valence-corrected chi connectivity index (χ3v) is 8.63. The van der Waals surface area contributed by atoms with E-state index in [1.54, 1.807) is 18.5 Å². The molecule has 0 aliphatic rings. The third kappa shape index (κ3) is 11.0. The topological polar surface area (TPSA) is 0 Å². The quantitative estimate of drug-likeness (QED) is 0.374. The Balaban J connectivity index is 0. The molecule has 0 unspecified atom stereocenters. The average Bonchev–Trinajstić information content (AvgIpc) is 2.40. The van der Waals surface area contributed by atoms with Crippen LogP contribution in [0.1, 0.15) is 72.6 Å². The summed E-state index contributed by atoms with van der Waals surface area (Å²) in [5, 5.41) is 0. The smallest absolute Gasteiger partial charge is 0.0773 e. The van der Waals surface area contributed by atoms with Crippen molar-refractivity contribution in [3.05, 3.63) is 12.2 Å². The summed E-state index contributed by atoms with van der Waals surface area (Å²) in [6.45, 7) is 9.28. The Morgan fingerprint density at radius 3 is 1.42 bits per heavy atom. The first-order valence-electron chi connectivity index (χ1n) is 8.24. The van der Waals surface area contributed by atoms with Crippen LogP contribution in [0, 0.1) is 0 Å². The predicted molar refractivity (Wildman–Crippen MR) is 90.5 cm³/mol. The molecule has 2 heteroatoms. The molecule has 0 saturated carbocycles. The summed E-state index contributed by atoms with van der Waals surface area (Å²) in [6.07, 6.45) is 20.7. The van der Waals surface area contributed by atoms with Gasteiger partial charge >= 0.3 is 0 Å². The van der Waals surface area contributed by atoms with Crippen LogP contribution in [-0.4, -0.2) is 24.6 Å². The number of allylic oxidation sites excluding steroid dienone is 2. The minimum atomic E-state index is -0.662. The first-order chi connectivity index (χ1) is 8.74. The summed E-state index contributed by atoms with van der Waals surface area (Å²) in [5.41, 5.74) is 0. The molecule has 0 aromatic heterocycles. The summed E-state index contributed by atoms with van der Waals surface area (Å²) >= 11 is 0. The summed E-state index contributed by atoms with van der Waals surface area (Å²) in [6, 6.07) is 0. The predicted octanol–water partition coefficient (Wildman–Crippen LogP) is 3.37. The highest BCUT2D eigenvalue weighted by molar-refractivity contribution is 7.76. The lowest BCUT2D eigenvalue weighted by molar-refractivity contribution is -0.00000419. The summed E-state index contributed by atoms with van der Waals surface area (Å²) in [7, 11) is -0.662. The lowest BCUT2D eigenvalue weighted by Crippen LogP contribution is -3.00. The monoisotopic (exact) mass is 350 g/mol. The summed E-state index contributed by atoms with van der Waals surface area (Å²) in [5.74, 6) is 0. The van der Waals surface area contributed by atoms with Crippen LogP contribution < -0.4 is 17.0 Å². The van der Waals surface area contributed by atoms with Crippen LogP contribution in [0.5, 0.6) is 0 Å². The number of rotatable bonds is 12. The van der Waals surface area contributed by atoms with Gasteiger partial charge in [0.15, 0.2) is 0 Å². The third-order valence-electron chi connectivity index (χ3n) is 3.85. The largest absolute Gasteiger partial charge is 1.00 e. The van der Waals surface area contributed by atoms with Gasteiger partial charge in [0.25, 0.3) is 0 Å². The van der Waals surface area contributed by atoms with E-state index in [0.29, 0.717) is 0 Å². The maximum Gasteiger partial charge on any atom is 0.0773 e. The lowest BCUT2D eigenvalue weighted by Gasteiger charge is -2.26. The molecule has 0 nitrogen and oxygen atoms in total. The molecule has 0 spiro atoms. The fraction of sp³-hybridized carbons (Fsp3) is 0.882. The van der Waals surface area contributed by atoms with E-state index in [1.807, 2.05) is 0 Å². The van der Waals surface area contributed by atoms with Crippen molar-refractivity contribution in [2.24, 2.45) is 0 Å². The molecular formula is C17H36BrP. The second-order valence-corrected chi connectivity index (χ2v) is 10.0. The standard InChI is InChI=1S/C17H36P.BrH/c1-5-9-13-17-18(14-10-6-2,15-11-7-3)16-12-8-4;/h9,13H,5-8,10-12,14-17H2,1-4H3;1H/q+1;/p-1. The van der Waals surface area contributed by atoms with Gasteiger partial charge in [-0.25, -0.2) is 0 Å². The Morgan fingerprint density at radius 1 is 0.684 bits per heavy atom. The van der Waals surface area contributed by atoms with E-state index in [0.717, 1.165) is 0 Å².